The summed E-state index contributed by atoms with van der Waals surface area (Å²) < 4.78 is 0. The first-order valence-electron chi connectivity index (χ1n) is 12.4. The van der Waals surface area contributed by atoms with Crippen LogP contribution in [0.2, 0.25) is 0 Å². The number of aliphatic hydroxyl groups is 1. The molecule has 8 heteroatoms. The van der Waals surface area contributed by atoms with Crippen LogP contribution in [0.5, 0.6) is 0 Å². The lowest BCUT2D eigenvalue weighted by atomic mass is 9.91. The maximum Gasteiger partial charge on any atom is 0.207 e. The maximum absolute atomic E-state index is 11.2. The van der Waals surface area contributed by atoms with Crippen molar-refractivity contribution < 1.29 is 5.11 Å². The first-order chi connectivity index (χ1) is 17.3. The average Bonchev–Trinajstić information content (AvgIpc) is 3.33. The van der Waals surface area contributed by atoms with Gasteiger partial charge in [-0.25, -0.2) is 0 Å². The summed E-state index contributed by atoms with van der Waals surface area (Å²) in [6.07, 6.45) is 1.31. The van der Waals surface area contributed by atoms with Gasteiger partial charge in [-0.2, -0.15) is 4.80 Å². The van der Waals surface area contributed by atoms with Crippen molar-refractivity contribution in [3.63, 3.8) is 0 Å². The van der Waals surface area contributed by atoms with Crippen molar-refractivity contribution in [2.24, 2.45) is 0 Å². The van der Waals surface area contributed by atoms with Crippen LogP contribution in [0.4, 0.5) is 17.1 Å². The molecule has 1 aliphatic rings. The van der Waals surface area contributed by atoms with Gasteiger partial charge >= 0.3 is 0 Å². The lowest BCUT2D eigenvalue weighted by molar-refractivity contribution is -0.00692. The summed E-state index contributed by atoms with van der Waals surface area (Å²) in [5, 5.41) is 28.0. The Labute approximate surface area is 214 Å². The van der Waals surface area contributed by atoms with Crippen molar-refractivity contribution in [1.29, 1.82) is 0 Å². The molecule has 0 radical (unpaired) electrons. The zero-order valence-corrected chi connectivity index (χ0v) is 22.0. The van der Waals surface area contributed by atoms with Crippen molar-refractivity contribution in [3.05, 3.63) is 84.4 Å². The molecule has 186 valence electrons. The van der Waals surface area contributed by atoms with E-state index in [0.29, 0.717) is 25.2 Å². The van der Waals surface area contributed by atoms with Crippen LogP contribution in [-0.2, 0) is 11.7 Å². The molecule has 7 nitrogen and oxygen atoms in total. The molecule has 4 aromatic rings. The van der Waals surface area contributed by atoms with Gasteiger partial charge in [0, 0.05) is 40.9 Å². The SMILES string of the molecule is CC(C)(P)c1ccc(Nc2ccccc2-c2nnn(CC3(O)CCN(c4ccccc4)CC3)n2)cc1. The van der Waals surface area contributed by atoms with Gasteiger partial charge in [-0.05, 0) is 60.0 Å². The van der Waals surface area contributed by atoms with Crippen LogP contribution in [0.25, 0.3) is 11.4 Å². The topological polar surface area (TPSA) is 79.1 Å². The van der Waals surface area contributed by atoms with Crippen LogP contribution in [0.15, 0.2) is 78.9 Å². The van der Waals surface area contributed by atoms with Crippen LogP contribution < -0.4 is 10.2 Å². The van der Waals surface area contributed by atoms with Crippen LogP contribution in [-0.4, -0.2) is 44.0 Å². The van der Waals surface area contributed by atoms with Gasteiger partial charge in [0.25, 0.3) is 0 Å². The fourth-order valence-corrected chi connectivity index (χ4v) is 4.78. The fraction of sp³-hybridized carbons (Fsp3) is 0.321. The number of piperidine rings is 1. The number of para-hydroxylation sites is 2. The minimum Gasteiger partial charge on any atom is -0.388 e. The van der Waals surface area contributed by atoms with E-state index in [1.54, 1.807) is 0 Å². The summed E-state index contributed by atoms with van der Waals surface area (Å²) in [5.74, 6) is 0.533. The third-order valence-electron chi connectivity index (χ3n) is 6.78. The van der Waals surface area contributed by atoms with E-state index in [0.717, 1.165) is 30.0 Å². The summed E-state index contributed by atoms with van der Waals surface area (Å²) in [6, 6.07) is 26.7. The Balaban J connectivity index is 1.27. The molecule has 2 heterocycles. The third kappa shape index (κ3) is 5.58. The Morgan fingerprint density at radius 3 is 2.31 bits per heavy atom. The summed E-state index contributed by atoms with van der Waals surface area (Å²) in [6.45, 7) is 6.26. The summed E-state index contributed by atoms with van der Waals surface area (Å²) in [5.41, 5.74) is 4.36. The number of rotatable bonds is 7. The first-order valence-corrected chi connectivity index (χ1v) is 12.9. The van der Waals surface area contributed by atoms with E-state index in [2.05, 4.69) is 85.1 Å². The third-order valence-corrected chi connectivity index (χ3v) is 7.11. The predicted molar refractivity (Wildman–Crippen MR) is 149 cm³/mol. The van der Waals surface area contributed by atoms with E-state index in [1.807, 2.05) is 42.5 Å². The highest BCUT2D eigenvalue weighted by Gasteiger charge is 2.34. The van der Waals surface area contributed by atoms with Crippen LogP contribution in [0.1, 0.15) is 32.3 Å². The first kappa shape index (κ1) is 24.4. The Kier molecular flexibility index (Phi) is 6.78. The maximum atomic E-state index is 11.2. The minimum atomic E-state index is -0.853. The standard InChI is InChI=1S/C28H33N6OP/c1-27(2,36)21-12-14-22(15-13-21)29-25-11-7-6-10-24(25)26-30-32-34(31-26)20-28(35)16-18-33(19-17-28)23-8-4-3-5-9-23/h3-15,29,35H,16-20,36H2,1-2H3. The molecule has 0 aliphatic carbocycles. The molecule has 1 fully saturated rings. The van der Waals surface area contributed by atoms with Crippen LogP contribution in [0, 0.1) is 0 Å². The highest BCUT2D eigenvalue weighted by Crippen LogP contribution is 2.33. The molecule has 1 aliphatic heterocycles. The second-order valence-corrected chi connectivity index (χ2v) is 11.6. The summed E-state index contributed by atoms with van der Waals surface area (Å²) in [7, 11) is 2.88. The molecule has 1 unspecified atom stereocenters. The normalized spacial score (nSPS) is 15.6. The van der Waals surface area contributed by atoms with E-state index < -0.39 is 5.60 Å². The predicted octanol–water partition coefficient (Wildman–Crippen LogP) is 5.23. The van der Waals surface area contributed by atoms with Gasteiger partial charge in [-0.1, -0.05) is 56.3 Å². The van der Waals surface area contributed by atoms with E-state index in [1.165, 1.54) is 16.0 Å². The van der Waals surface area contributed by atoms with Gasteiger partial charge < -0.3 is 15.3 Å². The smallest absolute Gasteiger partial charge is 0.207 e. The van der Waals surface area contributed by atoms with Crippen molar-refractivity contribution in [2.45, 2.75) is 44.0 Å². The van der Waals surface area contributed by atoms with Gasteiger partial charge in [-0.15, -0.1) is 19.4 Å². The van der Waals surface area contributed by atoms with E-state index in [9.17, 15) is 5.11 Å². The number of anilines is 3. The van der Waals surface area contributed by atoms with E-state index in [4.69, 9.17) is 0 Å². The molecule has 0 spiro atoms. The van der Waals surface area contributed by atoms with Crippen LogP contribution in [0.3, 0.4) is 0 Å². The highest BCUT2D eigenvalue weighted by atomic mass is 31.0. The second kappa shape index (κ2) is 10.00. The van der Waals surface area contributed by atoms with E-state index >= 15 is 0 Å². The highest BCUT2D eigenvalue weighted by molar-refractivity contribution is 7.18. The number of tetrazole rings is 1. The van der Waals surface area contributed by atoms with Crippen molar-refractivity contribution >= 4 is 26.3 Å². The zero-order chi connectivity index (χ0) is 25.2. The molecule has 2 N–H and O–H groups in total. The molecule has 0 saturated carbocycles. The van der Waals surface area contributed by atoms with Gasteiger partial charge in [0.2, 0.25) is 5.82 Å². The Morgan fingerprint density at radius 2 is 1.61 bits per heavy atom. The molecule has 3 aromatic carbocycles. The summed E-state index contributed by atoms with van der Waals surface area (Å²) >= 11 is 0. The number of hydrogen-bond acceptors (Lipinski definition) is 6. The zero-order valence-electron chi connectivity index (χ0n) is 20.8. The minimum absolute atomic E-state index is 0.0289. The molecule has 5 rings (SSSR count). The van der Waals surface area contributed by atoms with Gasteiger partial charge in [-0.3, -0.25) is 0 Å². The Morgan fingerprint density at radius 1 is 0.944 bits per heavy atom. The number of aromatic nitrogens is 4. The fourth-order valence-electron chi connectivity index (χ4n) is 4.59. The quantitative estimate of drug-likeness (QED) is 0.339. The monoisotopic (exact) mass is 500 g/mol. The molecule has 0 bridgehead atoms. The lowest BCUT2D eigenvalue weighted by Gasteiger charge is -2.38. The number of hydrogen-bond donors (Lipinski definition) is 2. The number of nitrogens with zero attached hydrogens (tertiary/aromatic N) is 5. The number of nitrogens with one attached hydrogen (secondary N) is 1. The molecular formula is C28H33N6OP. The summed E-state index contributed by atoms with van der Waals surface area (Å²) in [4.78, 5) is 3.84. The molecule has 0 amide bonds. The average molecular weight is 501 g/mol. The molecular weight excluding hydrogens is 467 g/mol. The van der Waals surface area contributed by atoms with Crippen molar-refractivity contribution in [3.8, 4) is 11.4 Å². The van der Waals surface area contributed by atoms with Crippen molar-refractivity contribution in [1.82, 2.24) is 20.2 Å². The van der Waals surface area contributed by atoms with E-state index in [-0.39, 0.29) is 5.16 Å². The molecule has 1 aromatic heterocycles. The second-order valence-electron chi connectivity index (χ2n) is 10.2. The molecule has 36 heavy (non-hydrogen) atoms. The van der Waals surface area contributed by atoms with Gasteiger partial charge in [0.1, 0.15) is 0 Å². The van der Waals surface area contributed by atoms with Gasteiger partial charge in [0.05, 0.1) is 12.1 Å². The Hall–Kier alpha value is -3.28. The van der Waals surface area contributed by atoms with Crippen molar-refractivity contribution in [2.75, 3.05) is 23.3 Å². The lowest BCUT2D eigenvalue weighted by Crippen LogP contribution is -2.47. The van der Waals surface area contributed by atoms with Gasteiger partial charge in [0.15, 0.2) is 0 Å². The molecule has 1 saturated heterocycles. The number of benzene rings is 3. The van der Waals surface area contributed by atoms with Crippen LogP contribution >= 0.6 is 9.24 Å². The largest absolute Gasteiger partial charge is 0.388 e. The molecule has 1 atom stereocenters. The Bertz CT molecular complexity index is 1290.